The molecule has 6 aromatic rings. The minimum Gasteiger partial charge on any atom is -0.508 e. The second kappa shape index (κ2) is 10.3. The van der Waals surface area contributed by atoms with Gasteiger partial charge in [0.25, 0.3) is 0 Å². The van der Waals surface area contributed by atoms with Crippen LogP contribution < -0.4 is 20.6 Å². The highest BCUT2D eigenvalue weighted by molar-refractivity contribution is 6.93. The van der Waals surface area contributed by atoms with Gasteiger partial charge in [0.05, 0.1) is 11.1 Å². The molecule has 4 aliphatic heterocycles. The highest BCUT2D eigenvalue weighted by Crippen LogP contribution is 2.65. The predicted molar refractivity (Wildman–Crippen MR) is 221 cm³/mol. The van der Waals surface area contributed by atoms with E-state index < -0.39 is 5.41 Å². The first-order valence-electron chi connectivity index (χ1n) is 19.6. The fraction of sp³-hybridized carbons (Fsp3) is 0.265. The van der Waals surface area contributed by atoms with E-state index >= 15 is 0 Å². The Balaban J connectivity index is 1.31. The van der Waals surface area contributed by atoms with Crippen LogP contribution in [-0.2, 0) is 16.2 Å². The van der Waals surface area contributed by atoms with Crippen molar-refractivity contribution >= 4 is 40.5 Å². The summed E-state index contributed by atoms with van der Waals surface area (Å²) in [6.07, 6.45) is 4.82. The SMILES string of the molecule is CC(C)(C)c1cc2c3c(c1)C1(C)CCCCC1(C)N3B1c3cccc4c3N(c3ccccc3C4(c3ccccc3)c3ccccc3)c3cc(O)cc-2c31. The van der Waals surface area contributed by atoms with Crippen molar-refractivity contribution in [2.45, 2.75) is 82.1 Å². The highest BCUT2D eigenvalue weighted by atomic mass is 16.3. The number of para-hydroxylation sites is 2. The van der Waals surface area contributed by atoms with Gasteiger partial charge >= 0.3 is 6.85 Å². The fourth-order valence-corrected chi connectivity index (χ4v) is 11.7. The van der Waals surface area contributed by atoms with Gasteiger partial charge in [-0.05, 0) is 93.2 Å². The van der Waals surface area contributed by atoms with E-state index in [2.05, 4.69) is 172 Å². The normalized spacial score (nSPS) is 22.4. The molecule has 0 bridgehead atoms. The second-order valence-corrected chi connectivity index (χ2v) is 17.8. The third kappa shape index (κ3) is 3.68. The summed E-state index contributed by atoms with van der Waals surface area (Å²) in [5.41, 5.74) is 17.3. The first-order valence-corrected chi connectivity index (χ1v) is 19.6. The van der Waals surface area contributed by atoms with Crippen molar-refractivity contribution in [3.8, 4) is 16.9 Å². The quantitative estimate of drug-likeness (QED) is 0.183. The van der Waals surface area contributed by atoms with E-state index in [0.29, 0.717) is 5.75 Å². The standard InChI is InChI=1S/C49H45BN2O/c1-46(2,3)33-27-36-35-29-34(53)30-42-43(35)50(52-44(36)39(28-33)47(4)25-14-15-26-48(47,52)5)40-23-16-22-38-45(40)51(42)41-24-13-12-21-37(41)49(38,31-17-8-6-9-18-31)32-19-10-7-11-20-32/h6-13,16-24,27-30,53H,14-15,25-26H2,1-5H3. The van der Waals surface area contributed by atoms with Crippen LogP contribution in [0.3, 0.4) is 0 Å². The summed E-state index contributed by atoms with van der Waals surface area (Å²) in [5.74, 6) is 0.315. The van der Waals surface area contributed by atoms with Crippen molar-refractivity contribution in [2.24, 2.45) is 0 Å². The molecule has 0 amide bonds. The Morgan fingerprint density at radius 1 is 0.623 bits per heavy atom. The zero-order valence-corrected chi connectivity index (χ0v) is 31.4. The molecule has 0 aromatic heterocycles. The molecule has 0 spiro atoms. The molecule has 11 rings (SSSR count). The Bertz CT molecular complexity index is 2480. The molecule has 1 fully saturated rings. The van der Waals surface area contributed by atoms with Crippen LogP contribution in [0.5, 0.6) is 5.75 Å². The lowest BCUT2D eigenvalue weighted by atomic mass is 9.41. The summed E-state index contributed by atoms with van der Waals surface area (Å²) in [4.78, 5) is 5.41. The number of anilines is 4. The zero-order chi connectivity index (χ0) is 36.1. The Kier molecular flexibility index (Phi) is 6.06. The number of hydrogen-bond acceptors (Lipinski definition) is 3. The van der Waals surface area contributed by atoms with Crippen LogP contribution in [0.15, 0.2) is 127 Å². The Hall–Kier alpha value is -5.22. The van der Waals surface area contributed by atoms with Gasteiger partial charge in [0, 0.05) is 39.6 Å². The molecule has 6 aromatic carbocycles. The third-order valence-electron chi connectivity index (χ3n) is 14.3. The maximum absolute atomic E-state index is 11.8. The fourth-order valence-electron chi connectivity index (χ4n) is 11.7. The van der Waals surface area contributed by atoms with Crippen molar-refractivity contribution in [2.75, 3.05) is 9.71 Å². The summed E-state index contributed by atoms with van der Waals surface area (Å²) in [6.45, 7) is 12.2. The van der Waals surface area contributed by atoms with Crippen molar-refractivity contribution in [1.82, 2.24) is 0 Å². The van der Waals surface area contributed by atoms with Crippen molar-refractivity contribution in [1.29, 1.82) is 0 Å². The molecule has 0 saturated heterocycles. The summed E-state index contributed by atoms with van der Waals surface area (Å²) in [5, 5.41) is 11.8. The first-order chi connectivity index (χ1) is 25.6. The maximum atomic E-state index is 11.8. The minimum absolute atomic E-state index is 0.00188. The van der Waals surface area contributed by atoms with Crippen molar-refractivity contribution in [3.05, 3.63) is 161 Å². The number of benzene rings is 6. The smallest absolute Gasteiger partial charge is 0.328 e. The minimum atomic E-state index is -0.550. The number of aromatic hydroxyl groups is 1. The van der Waals surface area contributed by atoms with E-state index in [1.807, 2.05) is 0 Å². The number of nitrogens with zero attached hydrogens (tertiary/aromatic N) is 2. The number of rotatable bonds is 2. The Morgan fingerprint density at radius 2 is 1.28 bits per heavy atom. The monoisotopic (exact) mass is 688 g/mol. The van der Waals surface area contributed by atoms with Crippen LogP contribution in [0.1, 0.15) is 93.7 Å². The van der Waals surface area contributed by atoms with E-state index in [4.69, 9.17) is 0 Å². The Labute approximate surface area is 314 Å². The third-order valence-corrected chi connectivity index (χ3v) is 14.3. The number of phenols is 1. The Morgan fingerprint density at radius 3 is 2.00 bits per heavy atom. The van der Waals surface area contributed by atoms with Crippen molar-refractivity contribution in [3.63, 3.8) is 0 Å². The average molecular weight is 689 g/mol. The van der Waals surface area contributed by atoms with Gasteiger partial charge in [0.15, 0.2) is 0 Å². The molecule has 260 valence electrons. The molecule has 53 heavy (non-hydrogen) atoms. The predicted octanol–water partition coefficient (Wildman–Crippen LogP) is 10.4. The highest BCUT2D eigenvalue weighted by Gasteiger charge is 2.64. The van der Waals surface area contributed by atoms with Crippen LogP contribution in [0, 0.1) is 0 Å². The molecule has 3 nitrogen and oxygen atoms in total. The molecule has 5 aliphatic rings. The summed E-state index contributed by atoms with van der Waals surface area (Å²) in [6, 6.07) is 47.5. The van der Waals surface area contributed by atoms with Crippen LogP contribution in [0.25, 0.3) is 11.1 Å². The van der Waals surface area contributed by atoms with Gasteiger partial charge < -0.3 is 14.8 Å². The molecular weight excluding hydrogens is 643 g/mol. The molecule has 1 aliphatic carbocycles. The van der Waals surface area contributed by atoms with Gasteiger partial charge in [-0.1, -0.05) is 144 Å². The number of fused-ring (bicyclic) bond motifs is 9. The van der Waals surface area contributed by atoms with E-state index in [9.17, 15) is 5.11 Å². The van der Waals surface area contributed by atoms with Gasteiger partial charge in [0.1, 0.15) is 5.75 Å². The van der Waals surface area contributed by atoms with Crippen LogP contribution in [0.2, 0.25) is 0 Å². The summed E-state index contributed by atoms with van der Waals surface area (Å²) < 4.78 is 0. The van der Waals surface area contributed by atoms with Gasteiger partial charge in [-0.15, -0.1) is 0 Å². The molecular formula is C49H45BN2O. The zero-order valence-electron chi connectivity index (χ0n) is 31.4. The van der Waals surface area contributed by atoms with Crippen LogP contribution >= 0.6 is 0 Å². The van der Waals surface area contributed by atoms with Crippen molar-refractivity contribution < 1.29 is 5.11 Å². The molecule has 4 heterocycles. The van der Waals surface area contributed by atoms with E-state index in [1.165, 1.54) is 86.1 Å². The van der Waals surface area contributed by atoms with E-state index in [0.717, 1.165) is 17.8 Å². The molecule has 1 saturated carbocycles. The second-order valence-electron chi connectivity index (χ2n) is 17.8. The first kappa shape index (κ1) is 31.3. The van der Waals surface area contributed by atoms with Gasteiger partial charge in [-0.25, -0.2) is 0 Å². The number of hydrogen-bond donors (Lipinski definition) is 1. The van der Waals surface area contributed by atoms with E-state index in [1.54, 1.807) is 0 Å². The molecule has 0 radical (unpaired) electrons. The molecule has 4 heteroatoms. The van der Waals surface area contributed by atoms with Gasteiger partial charge in [-0.3, -0.25) is 0 Å². The average Bonchev–Trinajstić information content (AvgIpc) is 3.38. The van der Waals surface area contributed by atoms with E-state index in [-0.39, 0.29) is 23.2 Å². The molecule has 2 atom stereocenters. The van der Waals surface area contributed by atoms with Crippen LogP contribution in [-0.4, -0.2) is 17.5 Å². The van der Waals surface area contributed by atoms with Gasteiger partial charge in [-0.2, -0.15) is 0 Å². The lowest BCUT2D eigenvalue weighted by molar-refractivity contribution is 0.199. The molecule has 2 unspecified atom stereocenters. The van der Waals surface area contributed by atoms with Gasteiger partial charge in [0.2, 0.25) is 0 Å². The number of phenolic OH excluding ortho intramolecular Hbond substituents is 1. The lowest BCUT2D eigenvalue weighted by Crippen LogP contribution is -2.71. The topological polar surface area (TPSA) is 26.7 Å². The summed E-state index contributed by atoms with van der Waals surface area (Å²) >= 11 is 0. The summed E-state index contributed by atoms with van der Waals surface area (Å²) in [7, 11) is 0. The maximum Gasteiger partial charge on any atom is 0.328 e. The van der Waals surface area contributed by atoms with Crippen LogP contribution in [0.4, 0.5) is 22.7 Å². The lowest BCUT2D eigenvalue weighted by Gasteiger charge is -2.56. The largest absolute Gasteiger partial charge is 0.508 e. The molecule has 1 N–H and O–H groups in total.